The Morgan fingerprint density at radius 2 is 1.86 bits per heavy atom. The Balaban J connectivity index is 1.55. The number of carbonyl (C=O) groups is 1. The highest BCUT2D eigenvalue weighted by Gasteiger charge is 2.34. The number of allylic oxidation sites excluding steroid dienone is 1. The van der Waals surface area contributed by atoms with Gasteiger partial charge in [-0.3, -0.25) is 13.9 Å². The van der Waals surface area contributed by atoms with Gasteiger partial charge in [-0.25, -0.2) is 4.79 Å². The predicted molar refractivity (Wildman–Crippen MR) is 144 cm³/mol. The zero-order chi connectivity index (χ0) is 25.9. The number of nitrogens with one attached hydrogen (secondary N) is 2. The summed E-state index contributed by atoms with van der Waals surface area (Å²) < 4.78 is 9.22. The second-order valence-electron chi connectivity index (χ2n) is 9.12. The molecule has 1 aromatic heterocycles. The van der Waals surface area contributed by atoms with Crippen LogP contribution in [0.15, 0.2) is 71.2 Å². The van der Waals surface area contributed by atoms with Crippen molar-refractivity contribution in [2.45, 2.75) is 39.2 Å². The average molecular weight is 496 g/mol. The van der Waals surface area contributed by atoms with E-state index in [-0.39, 0.29) is 17.6 Å². The van der Waals surface area contributed by atoms with Crippen molar-refractivity contribution in [1.82, 2.24) is 14.0 Å². The van der Waals surface area contributed by atoms with E-state index >= 15 is 0 Å². The summed E-state index contributed by atoms with van der Waals surface area (Å²) in [5, 5.41) is 12.2. The number of aromatic nitrogens is 2. The van der Waals surface area contributed by atoms with E-state index in [9.17, 15) is 9.59 Å². The van der Waals surface area contributed by atoms with Crippen molar-refractivity contribution in [1.29, 1.82) is 5.41 Å². The first-order valence-electron chi connectivity index (χ1n) is 12.4. The van der Waals surface area contributed by atoms with Crippen LogP contribution in [-0.4, -0.2) is 38.7 Å². The minimum atomic E-state index is -0.242. The topological polar surface area (TPSA) is 92.4 Å². The van der Waals surface area contributed by atoms with Gasteiger partial charge in [0.25, 0.3) is 5.91 Å². The Morgan fingerprint density at radius 3 is 2.57 bits per heavy atom. The molecule has 2 aliphatic heterocycles. The number of fused-ring (bicyclic) bond motifs is 1. The standard InChI is InChI=1S/C29H29N5O3/c1-3-8-26(35)32-16-15-22(19-32)34-28-27(25(30)17-20(4-2)18-31-28)33(29(34)36)21-11-13-24(14-12-21)37-23-9-6-5-7-10-23/h5-7,9-14,18,22,30-31H,4,15-17,19H2,1-2H3. The fraction of sp³-hybridized carbons (Fsp3) is 0.276. The van der Waals surface area contributed by atoms with Crippen LogP contribution in [-0.2, 0) is 4.79 Å². The summed E-state index contributed by atoms with van der Waals surface area (Å²) in [7, 11) is 0. The average Bonchev–Trinajstić information content (AvgIpc) is 3.46. The minimum absolute atomic E-state index is 0.220. The molecule has 2 aliphatic rings. The Morgan fingerprint density at radius 1 is 1.14 bits per heavy atom. The van der Waals surface area contributed by atoms with Gasteiger partial charge in [-0.15, -0.1) is 0 Å². The highest BCUT2D eigenvalue weighted by Crippen LogP contribution is 2.32. The molecule has 0 spiro atoms. The molecule has 1 unspecified atom stereocenters. The van der Waals surface area contributed by atoms with Gasteiger partial charge in [0.15, 0.2) is 0 Å². The maximum Gasteiger partial charge on any atom is 0.335 e. The number of imidazole rings is 1. The van der Waals surface area contributed by atoms with Crippen LogP contribution in [0.5, 0.6) is 11.5 Å². The van der Waals surface area contributed by atoms with Crippen molar-refractivity contribution in [2.24, 2.45) is 0 Å². The van der Waals surface area contributed by atoms with Gasteiger partial charge in [0.05, 0.1) is 17.4 Å². The van der Waals surface area contributed by atoms with Gasteiger partial charge in [-0.1, -0.05) is 31.0 Å². The van der Waals surface area contributed by atoms with Gasteiger partial charge >= 0.3 is 5.69 Å². The lowest BCUT2D eigenvalue weighted by molar-refractivity contribution is -0.124. The first-order chi connectivity index (χ1) is 18.0. The fourth-order valence-corrected chi connectivity index (χ4v) is 4.88. The lowest BCUT2D eigenvalue weighted by atomic mass is 10.1. The van der Waals surface area contributed by atoms with Crippen molar-refractivity contribution in [3.05, 3.63) is 82.5 Å². The zero-order valence-corrected chi connectivity index (χ0v) is 21.0. The third-order valence-corrected chi connectivity index (χ3v) is 6.76. The molecule has 2 aromatic carbocycles. The third kappa shape index (κ3) is 4.68. The van der Waals surface area contributed by atoms with Crippen LogP contribution in [0.25, 0.3) is 5.69 Å². The molecule has 37 heavy (non-hydrogen) atoms. The van der Waals surface area contributed by atoms with Crippen LogP contribution in [0.2, 0.25) is 0 Å². The third-order valence-electron chi connectivity index (χ3n) is 6.76. The molecule has 1 atom stereocenters. The number of ether oxygens (including phenoxy) is 1. The first kappa shape index (κ1) is 24.2. The number of carbonyl (C=O) groups excluding carboxylic acids is 1. The van der Waals surface area contributed by atoms with Gasteiger partial charge in [-0.2, -0.15) is 0 Å². The molecule has 1 saturated heterocycles. The lowest BCUT2D eigenvalue weighted by Crippen LogP contribution is -2.31. The number of rotatable bonds is 5. The van der Waals surface area contributed by atoms with Crippen LogP contribution in [0, 0.1) is 17.3 Å². The molecular formula is C29H29N5O3. The summed E-state index contributed by atoms with van der Waals surface area (Å²) in [6, 6.07) is 16.6. The molecule has 8 heteroatoms. The summed E-state index contributed by atoms with van der Waals surface area (Å²) in [4.78, 5) is 28.0. The highest BCUT2D eigenvalue weighted by molar-refractivity contribution is 6.03. The van der Waals surface area contributed by atoms with Crippen molar-refractivity contribution >= 4 is 17.4 Å². The Bertz CT molecular complexity index is 1490. The van der Waals surface area contributed by atoms with Crippen LogP contribution < -0.4 is 15.7 Å². The van der Waals surface area contributed by atoms with Gasteiger partial charge < -0.3 is 20.4 Å². The van der Waals surface area contributed by atoms with E-state index in [1.54, 1.807) is 21.0 Å². The quantitative estimate of drug-likeness (QED) is 0.502. The zero-order valence-electron chi connectivity index (χ0n) is 21.0. The maximum atomic E-state index is 13.9. The number of hydrogen-bond acceptors (Lipinski definition) is 5. The molecule has 3 heterocycles. The molecule has 0 aliphatic carbocycles. The maximum absolute atomic E-state index is 13.9. The van der Waals surface area contributed by atoms with Crippen molar-refractivity contribution in [3.8, 4) is 29.0 Å². The Kier molecular flexibility index (Phi) is 6.69. The van der Waals surface area contributed by atoms with Crippen LogP contribution in [0.4, 0.5) is 5.82 Å². The van der Waals surface area contributed by atoms with Crippen LogP contribution in [0.3, 0.4) is 0 Å². The second-order valence-corrected chi connectivity index (χ2v) is 9.12. The molecule has 2 N–H and O–H groups in total. The van der Waals surface area contributed by atoms with Crippen LogP contribution >= 0.6 is 0 Å². The fourth-order valence-electron chi connectivity index (χ4n) is 4.88. The van der Waals surface area contributed by atoms with E-state index in [1.165, 1.54) is 0 Å². The number of nitrogens with zero attached hydrogens (tertiary/aromatic N) is 3. The molecule has 8 nitrogen and oxygen atoms in total. The number of likely N-dealkylation sites (tertiary alicyclic amines) is 1. The van der Waals surface area contributed by atoms with E-state index < -0.39 is 0 Å². The van der Waals surface area contributed by atoms with E-state index in [4.69, 9.17) is 10.1 Å². The largest absolute Gasteiger partial charge is 0.457 e. The van der Waals surface area contributed by atoms with Gasteiger partial charge in [0, 0.05) is 25.7 Å². The summed E-state index contributed by atoms with van der Waals surface area (Å²) in [5.74, 6) is 6.99. The molecule has 1 fully saturated rings. The van der Waals surface area contributed by atoms with E-state index in [2.05, 4.69) is 24.1 Å². The van der Waals surface area contributed by atoms with E-state index in [0.717, 1.165) is 17.7 Å². The number of para-hydroxylation sites is 1. The number of benzene rings is 2. The monoisotopic (exact) mass is 495 g/mol. The molecular weight excluding hydrogens is 466 g/mol. The molecule has 0 bridgehead atoms. The van der Waals surface area contributed by atoms with Gasteiger partial charge in [0.2, 0.25) is 0 Å². The molecule has 188 valence electrons. The normalized spacial score (nSPS) is 16.7. The second kappa shape index (κ2) is 10.2. The summed E-state index contributed by atoms with van der Waals surface area (Å²) >= 11 is 0. The van der Waals surface area contributed by atoms with Crippen molar-refractivity contribution < 1.29 is 9.53 Å². The number of amides is 1. The SMILES string of the molecule is CC#CC(=O)N1CCC(n2c3c(n(-c4ccc(Oc5ccccc5)cc4)c2=O)C(=N)CC(CC)=CN3)C1. The number of anilines is 1. The van der Waals surface area contributed by atoms with Gasteiger partial charge in [-0.05, 0) is 67.7 Å². The van der Waals surface area contributed by atoms with Crippen molar-refractivity contribution in [3.63, 3.8) is 0 Å². The highest BCUT2D eigenvalue weighted by atomic mass is 16.5. The Labute approximate surface area is 215 Å². The first-order valence-corrected chi connectivity index (χ1v) is 12.4. The number of hydrogen-bond donors (Lipinski definition) is 2. The lowest BCUT2D eigenvalue weighted by Gasteiger charge is -2.16. The molecule has 1 amide bonds. The smallest absolute Gasteiger partial charge is 0.335 e. The summed E-state index contributed by atoms with van der Waals surface area (Å²) in [6.45, 7) is 4.62. The van der Waals surface area contributed by atoms with E-state index in [0.29, 0.717) is 54.6 Å². The predicted octanol–water partition coefficient (Wildman–Crippen LogP) is 4.71. The van der Waals surface area contributed by atoms with E-state index in [1.807, 2.05) is 60.8 Å². The van der Waals surface area contributed by atoms with Gasteiger partial charge in [0.1, 0.15) is 23.0 Å². The minimum Gasteiger partial charge on any atom is -0.457 e. The van der Waals surface area contributed by atoms with Crippen LogP contribution in [0.1, 0.15) is 44.8 Å². The Hall–Kier alpha value is -4.51. The summed E-state index contributed by atoms with van der Waals surface area (Å²) in [5.41, 5.74) is 2.40. The molecule has 3 aromatic rings. The molecule has 0 radical (unpaired) electrons. The molecule has 5 rings (SSSR count). The summed E-state index contributed by atoms with van der Waals surface area (Å²) in [6.07, 6.45) is 3.79. The molecule has 0 saturated carbocycles. The van der Waals surface area contributed by atoms with Crippen molar-refractivity contribution in [2.75, 3.05) is 18.4 Å².